The van der Waals surface area contributed by atoms with E-state index in [-0.39, 0.29) is 5.54 Å². The largest absolute Gasteiger partial charge is 0.448 e. The van der Waals surface area contributed by atoms with Gasteiger partial charge in [-0.2, -0.15) is 0 Å². The third kappa shape index (κ3) is 2.46. The monoisotopic (exact) mass is 222 g/mol. The molecular weight excluding hydrogens is 200 g/mol. The van der Waals surface area contributed by atoms with Crippen LogP contribution < -0.4 is 5.32 Å². The SMILES string of the molecule is CC(C)(C)NCc1ncoc1C1CC1(C)C. The lowest BCUT2D eigenvalue weighted by Crippen LogP contribution is -2.35. The molecule has 3 nitrogen and oxygen atoms in total. The molecular formula is C13H22N2O. The van der Waals surface area contributed by atoms with E-state index in [0.717, 1.165) is 18.0 Å². The highest BCUT2D eigenvalue weighted by molar-refractivity contribution is 5.23. The molecule has 0 aromatic carbocycles. The molecule has 1 fully saturated rings. The second-order valence-corrected chi connectivity index (χ2v) is 6.51. The Bertz CT molecular complexity index is 374. The van der Waals surface area contributed by atoms with Gasteiger partial charge in [0.15, 0.2) is 6.39 Å². The number of oxazole rings is 1. The van der Waals surface area contributed by atoms with E-state index in [9.17, 15) is 0 Å². The molecule has 1 aliphatic rings. The van der Waals surface area contributed by atoms with E-state index in [0.29, 0.717) is 11.3 Å². The summed E-state index contributed by atoms with van der Waals surface area (Å²) in [5.74, 6) is 1.65. The van der Waals surface area contributed by atoms with E-state index in [4.69, 9.17) is 4.42 Å². The van der Waals surface area contributed by atoms with Gasteiger partial charge in [0.1, 0.15) is 5.76 Å². The molecule has 1 atom stereocenters. The highest BCUT2D eigenvalue weighted by Gasteiger charge is 2.49. The van der Waals surface area contributed by atoms with E-state index in [1.807, 2.05) is 0 Å². The molecule has 0 amide bonds. The van der Waals surface area contributed by atoms with Gasteiger partial charge in [0.2, 0.25) is 0 Å². The summed E-state index contributed by atoms with van der Waals surface area (Å²) in [6.45, 7) is 11.8. The second-order valence-electron chi connectivity index (χ2n) is 6.51. The normalized spacial score (nSPS) is 23.4. The fraction of sp³-hybridized carbons (Fsp3) is 0.769. The van der Waals surface area contributed by atoms with Gasteiger partial charge in [0.25, 0.3) is 0 Å². The van der Waals surface area contributed by atoms with Gasteiger partial charge in [0.05, 0.1) is 5.69 Å². The van der Waals surface area contributed by atoms with E-state index in [1.165, 1.54) is 6.42 Å². The van der Waals surface area contributed by atoms with Crippen LogP contribution in [0.4, 0.5) is 0 Å². The Morgan fingerprint density at radius 3 is 2.62 bits per heavy atom. The van der Waals surface area contributed by atoms with Gasteiger partial charge in [0, 0.05) is 18.0 Å². The van der Waals surface area contributed by atoms with Crippen LogP contribution in [0.2, 0.25) is 0 Å². The Kier molecular flexibility index (Phi) is 2.61. The molecule has 90 valence electrons. The van der Waals surface area contributed by atoms with Crippen molar-refractivity contribution in [1.29, 1.82) is 0 Å². The first-order valence-corrected chi connectivity index (χ1v) is 5.97. The van der Waals surface area contributed by atoms with Crippen molar-refractivity contribution in [3.05, 3.63) is 17.8 Å². The van der Waals surface area contributed by atoms with Crippen LogP contribution in [0.15, 0.2) is 10.8 Å². The van der Waals surface area contributed by atoms with Crippen LogP contribution >= 0.6 is 0 Å². The minimum absolute atomic E-state index is 0.120. The molecule has 1 N–H and O–H groups in total. The Labute approximate surface area is 97.6 Å². The van der Waals surface area contributed by atoms with Gasteiger partial charge in [-0.1, -0.05) is 13.8 Å². The fourth-order valence-electron chi connectivity index (χ4n) is 1.96. The van der Waals surface area contributed by atoms with Crippen LogP contribution in [0.5, 0.6) is 0 Å². The van der Waals surface area contributed by atoms with Crippen LogP contribution in [-0.4, -0.2) is 10.5 Å². The third-order valence-corrected chi connectivity index (χ3v) is 3.29. The van der Waals surface area contributed by atoms with Crippen molar-refractivity contribution in [3.63, 3.8) is 0 Å². The zero-order valence-corrected chi connectivity index (χ0v) is 10.9. The predicted molar refractivity (Wildman–Crippen MR) is 64.2 cm³/mol. The second kappa shape index (κ2) is 3.59. The lowest BCUT2D eigenvalue weighted by molar-refractivity contribution is 0.415. The zero-order valence-electron chi connectivity index (χ0n) is 10.9. The highest BCUT2D eigenvalue weighted by Crippen LogP contribution is 2.59. The minimum atomic E-state index is 0.120. The molecule has 1 aliphatic carbocycles. The lowest BCUT2D eigenvalue weighted by Gasteiger charge is -2.19. The number of hydrogen-bond donors (Lipinski definition) is 1. The topological polar surface area (TPSA) is 38.1 Å². The maximum atomic E-state index is 5.54. The number of nitrogens with zero attached hydrogens (tertiary/aromatic N) is 1. The van der Waals surface area contributed by atoms with E-state index in [2.05, 4.69) is 44.9 Å². The minimum Gasteiger partial charge on any atom is -0.448 e. The molecule has 0 spiro atoms. The van der Waals surface area contributed by atoms with Crippen molar-refractivity contribution in [2.75, 3.05) is 0 Å². The van der Waals surface area contributed by atoms with Crippen molar-refractivity contribution < 1.29 is 4.42 Å². The summed E-state index contributed by atoms with van der Waals surface area (Å²) in [6.07, 6.45) is 2.79. The average molecular weight is 222 g/mol. The molecule has 1 aromatic heterocycles. The number of aromatic nitrogens is 1. The molecule has 2 rings (SSSR count). The Hall–Kier alpha value is -0.830. The maximum Gasteiger partial charge on any atom is 0.181 e. The van der Waals surface area contributed by atoms with Crippen molar-refractivity contribution in [1.82, 2.24) is 10.3 Å². The van der Waals surface area contributed by atoms with Crippen molar-refractivity contribution >= 4 is 0 Å². The van der Waals surface area contributed by atoms with Crippen LogP contribution in [0, 0.1) is 5.41 Å². The van der Waals surface area contributed by atoms with Gasteiger partial charge in [-0.15, -0.1) is 0 Å². The first kappa shape index (κ1) is 11.6. The summed E-state index contributed by atoms with van der Waals surface area (Å²) in [5.41, 5.74) is 1.59. The summed E-state index contributed by atoms with van der Waals surface area (Å²) < 4.78 is 5.54. The van der Waals surface area contributed by atoms with Crippen LogP contribution in [0.3, 0.4) is 0 Å². The Balaban J connectivity index is 2.04. The number of hydrogen-bond acceptors (Lipinski definition) is 3. The smallest absolute Gasteiger partial charge is 0.181 e. The Morgan fingerprint density at radius 1 is 1.50 bits per heavy atom. The molecule has 1 aromatic rings. The van der Waals surface area contributed by atoms with E-state index in [1.54, 1.807) is 6.39 Å². The lowest BCUT2D eigenvalue weighted by atomic mass is 10.1. The first-order valence-electron chi connectivity index (χ1n) is 5.97. The maximum absolute atomic E-state index is 5.54. The Morgan fingerprint density at radius 2 is 2.12 bits per heavy atom. The molecule has 0 aliphatic heterocycles. The summed E-state index contributed by atoms with van der Waals surface area (Å²) >= 11 is 0. The quantitative estimate of drug-likeness (QED) is 0.854. The molecule has 1 unspecified atom stereocenters. The zero-order chi connectivity index (χ0) is 12.0. The van der Waals surface area contributed by atoms with Crippen molar-refractivity contribution in [2.24, 2.45) is 5.41 Å². The summed E-state index contributed by atoms with van der Waals surface area (Å²) in [4.78, 5) is 4.32. The number of rotatable bonds is 3. The highest BCUT2D eigenvalue weighted by atomic mass is 16.3. The van der Waals surface area contributed by atoms with Crippen LogP contribution in [0.1, 0.15) is 58.4 Å². The van der Waals surface area contributed by atoms with Crippen molar-refractivity contribution in [3.8, 4) is 0 Å². The fourth-order valence-corrected chi connectivity index (χ4v) is 1.96. The standard InChI is InChI=1S/C13H22N2O/c1-12(2,3)15-7-10-11(16-8-14-10)9-6-13(9,4)5/h8-9,15H,6-7H2,1-5H3. The van der Waals surface area contributed by atoms with Gasteiger partial charge in [-0.25, -0.2) is 4.98 Å². The summed E-state index contributed by atoms with van der Waals surface area (Å²) in [5, 5.41) is 3.45. The van der Waals surface area contributed by atoms with Gasteiger partial charge >= 0.3 is 0 Å². The van der Waals surface area contributed by atoms with Crippen LogP contribution in [0.25, 0.3) is 0 Å². The molecule has 16 heavy (non-hydrogen) atoms. The average Bonchev–Trinajstić information content (AvgIpc) is 2.61. The van der Waals surface area contributed by atoms with Gasteiger partial charge in [-0.05, 0) is 32.6 Å². The van der Waals surface area contributed by atoms with Gasteiger partial charge < -0.3 is 9.73 Å². The molecule has 0 saturated heterocycles. The third-order valence-electron chi connectivity index (χ3n) is 3.29. The summed E-state index contributed by atoms with van der Waals surface area (Å²) in [7, 11) is 0. The molecule has 1 heterocycles. The summed E-state index contributed by atoms with van der Waals surface area (Å²) in [6, 6.07) is 0. The number of nitrogens with one attached hydrogen (secondary N) is 1. The molecule has 1 saturated carbocycles. The van der Waals surface area contributed by atoms with Gasteiger partial charge in [-0.3, -0.25) is 0 Å². The first-order chi connectivity index (χ1) is 7.30. The molecule has 3 heteroatoms. The van der Waals surface area contributed by atoms with Crippen molar-refractivity contribution in [2.45, 2.75) is 59.0 Å². The molecule has 0 radical (unpaired) electrons. The van der Waals surface area contributed by atoms with E-state index < -0.39 is 0 Å². The van der Waals surface area contributed by atoms with Crippen LogP contribution in [-0.2, 0) is 6.54 Å². The molecule has 0 bridgehead atoms. The van der Waals surface area contributed by atoms with E-state index >= 15 is 0 Å². The predicted octanol–water partition coefficient (Wildman–Crippen LogP) is 3.08.